The van der Waals surface area contributed by atoms with E-state index in [0.29, 0.717) is 33.3 Å². The van der Waals surface area contributed by atoms with Crippen molar-refractivity contribution in [3.8, 4) is 5.75 Å². The van der Waals surface area contributed by atoms with Gasteiger partial charge in [-0.25, -0.2) is 13.8 Å². The van der Waals surface area contributed by atoms with Crippen LogP contribution in [0.5, 0.6) is 5.75 Å². The van der Waals surface area contributed by atoms with E-state index in [1.807, 2.05) is 18.2 Å². The number of rotatable bonds is 10. The van der Waals surface area contributed by atoms with E-state index in [9.17, 15) is 18.0 Å². The average Bonchev–Trinajstić information content (AvgIpc) is 2.84. The Morgan fingerprint density at radius 1 is 1.03 bits per heavy atom. The minimum Gasteiger partial charge on any atom is -0.484 e. The number of hydrogen-bond donors (Lipinski definition) is 2. The van der Waals surface area contributed by atoms with Gasteiger partial charge in [0.25, 0.3) is 11.8 Å². The third kappa shape index (κ3) is 8.10. The van der Waals surface area contributed by atoms with Crippen molar-refractivity contribution in [2.75, 3.05) is 29.0 Å². The molecule has 9 nitrogen and oxygen atoms in total. The topological polar surface area (TPSA) is 117 Å². The molecule has 0 spiro atoms. The molecule has 188 valence electrons. The fourth-order valence-electron chi connectivity index (χ4n) is 3.09. The number of para-hydroxylation sites is 1. The summed E-state index contributed by atoms with van der Waals surface area (Å²) in [5.41, 5.74) is 4.63. The normalized spacial score (nSPS) is 11.2. The van der Waals surface area contributed by atoms with Crippen LogP contribution in [0.3, 0.4) is 0 Å². The molecule has 2 N–H and O–H groups in total. The number of carbonyl (C=O) groups excluding carboxylic acids is 2. The number of aryl methyl sites for hydroxylation is 1. The Bertz CT molecular complexity index is 1350. The van der Waals surface area contributed by atoms with E-state index in [2.05, 4.69) is 15.8 Å². The van der Waals surface area contributed by atoms with Gasteiger partial charge in [0, 0.05) is 10.7 Å². The van der Waals surface area contributed by atoms with Gasteiger partial charge in [0.1, 0.15) is 12.3 Å². The third-order valence-corrected chi connectivity index (χ3v) is 6.20. The molecule has 0 fully saturated rings. The molecule has 0 aliphatic heterocycles. The van der Waals surface area contributed by atoms with Crippen molar-refractivity contribution >= 4 is 51.0 Å². The zero-order valence-electron chi connectivity index (χ0n) is 19.6. The van der Waals surface area contributed by atoms with Crippen molar-refractivity contribution in [2.45, 2.75) is 6.92 Å². The Hall–Kier alpha value is -3.89. The van der Waals surface area contributed by atoms with E-state index in [-0.39, 0.29) is 12.5 Å². The number of amides is 2. The molecule has 0 saturated carbocycles. The monoisotopic (exact) mass is 528 g/mol. The van der Waals surface area contributed by atoms with Crippen molar-refractivity contribution in [1.82, 2.24) is 5.43 Å². The Morgan fingerprint density at radius 3 is 2.39 bits per heavy atom. The van der Waals surface area contributed by atoms with E-state index < -0.39 is 22.5 Å². The number of sulfonamides is 1. The molecule has 0 aliphatic rings. The van der Waals surface area contributed by atoms with E-state index in [1.54, 1.807) is 55.5 Å². The van der Waals surface area contributed by atoms with E-state index >= 15 is 0 Å². The maximum atomic E-state index is 12.4. The molecular weight excluding hydrogens is 504 g/mol. The van der Waals surface area contributed by atoms with Crippen molar-refractivity contribution in [3.05, 3.63) is 88.9 Å². The van der Waals surface area contributed by atoms with Crippen LogP contribution < -0.4 is 19.8 Å². The van der Waals surface area contributed by atoms with Crippen LogP contribution in [-0.4, -0.2) is 45.9 Å². The number of nitrogens with one attached hydrogen (secondary N) is 2. The van der Waals surface area contributed by atoms with Crippen LogP contribution in [0.25, 0.3) is 0 Å². The Kier molecular flexibility index (Phi) is 9.04. The summed E-state index contributed by atoms with van der Waals surface area (Å²) < 4.78 is 31.0. The summed E-state index contributed by atoms with van der Waals surface area (Å²) in [7, 11) is -3.74. The maximum Gasteiger partial charge on any atom is 0.262 e. The Morgan fingerprint density at radius 2 is 1.72 bits per heavy atom. The predicted octanol–water partition coefficient (Wildman–Crippen LogP) is 3.58. The lowest BCUT2D eigenvalue weighted by molar-refractivity contribution is -0.119. The number of benzene rings is 3. The lowest BCUT2D eigenvalue weighted by Gasteiger charge is -2.23. The Balaban J connectivity index is 1.52. The van der Waals surface area contributed by atoms with Gasteiger partial charge in [0.05, 0.1) is 18.2 Å². The fraction of sp³-hybridized carbons (Fsp3) is 0.160. The largest absolute Gasteiger partial charge is 0.484 e. The summed E-state index contributed by atoms with van der Waals surface area (Å²) in [4.78, 5) is 24.3. The van der Waals surface area contributed by atoms with Gasteiger partial charge in [0.2, 0.25) is 10.0 Å². The van der Waals surface area contributed by atoms with Crippen LogP contribution in [0.1, 0.15) is 11.1 Å². The summed E-state index contributed by atoms with van der Waals surface area (Å²) in [6, 6.07) is 20.6. The van der Waals surface area contributed by atoms with Crippen LogP contribution >= 0.6 is 11.6 Å². The third-order valence-electron chi connectivity index (χ3n) is 4.84. The minimum atomic E-state index is -3.74. The number of nitrogens with zero attached hydrogens (tertiary/aromatic N) is 2. The molecular formula is C25H25ClN4O5S. The second kappa shape index (κ2) is 12.2. The van der Waals surface area contributed by atoms with Crippen molar-refractivity contribution in [2.24, 2.45) is 5.10 Å². The quantitative estimate of drug-likeness (QED) is 0.308. The fourth-order valence-corrected chi connectivity index (χ4v) is 4.17. The first kappa shape index (κ1) is 26.7. The molecule has 0 aliphatic carbocycles. The summed E-state index contributed by atoms with van der Waals surface area (Å²) >= 11 is 6.00. The molecule has 0 aromatic heterocycles. The zero-order valence-corrected chi connectivity index (χ0v) is 21.2. The summed E-state index contributed by atoms with van der Waals surface area (Å²) in [5, 5.41) is 6.97. The number of hydrogen-bond acceptors (Lipinski definition) is 6. The molecule has 0 radical (unpaired) electrons. The predicted molar refractivity (Wildman–Crippen MR) is 141 cm³/mol. The highest BCUT2D eigenvalue weighted by atomic mass is 35.5. The van der Waals surface area contributed by atoms with E-state index in [4.69, 9.17) is 16.3 Å². The van der Waals surface area contributed by atoms with Gasteiger partial charge >= 0.3 is 0 Å². The SMILES string of the molecule is Cc1ccc(Cl)cc1N(CC(=O)N/N=C\c1ccc(OCC(=O)Nc2ccccc2)cc1)S(C)(=O)=O. The van der Waals surface area contributed by atoms with Gasteiger partial charge in [-0.3, -0.25) is 13.9 Å². The highest BCUT2D eigenvalue weighted by Gasteiger charge is 2.22. The first-order valence-corrected chi connectivity index (χ1v) is 13.0. The zero-order chi connectivity index (χ0) is 26.1. The molecule has 0 atom stereocenters. The molecule has 0 bridgehead atoms. The second-order valence-electron chi connectivity index (χ2n) is 7.77. The molecule has 0 saturated heterocycles. The number of anilines is 2. The van der Waals surface area contributed by atoms with Crippen LogP contribution in [0.15, 0.2) is 77.9 Å². The van der Waals surface area contributed by atoms with Crippen molar-refractivity contribution in [3.63, 3.8) is 0 Å². The van der Waals surface area contributed by atoms with Gasteiger partial charge in [-0.2, -0.15) is 5.10 Å². The summed E-state index contributed by atoms with van der Waals surface area (Å²) in [6.45, 7) is 1.11. The molecule has 3 aromatic carbocycles. The van der Waals surface area contributed by atoms with E-state index in [1.165, 1.54) is 12.3 Å². The highest BCUT2D eigenvalue weighted by molar-refractivity contribution is 7.92. The summed E-state index contributed by atoms with van der Waals surface area (Å²) in [6.07, 6.45) is 2.41. The van der Waals surface area contributed by atoms with Gasteiger partial charge < -0.3 is 10.1 Å². The van der Waals surface area contributed by atoms with Crippen molar-refractivity contribution in [1.29, 1.82) is 0 Å². The lowest BCUT2D eigenvalue weighted by atomic mass is 10.2. The van der Waals surface area contributed by atoms with Crippen LogP contribution in [-0.2, 0) is 19.6 Å². The number of ether oxygens (including phenoxy) is 1. The number of halogens is 1. The Labute approximate surface area is 214 Å². The summed E-state index contributed by atoms with van der Waals surface area (Å²) in [5.74, 6) is -0.425. The number of carbonyl (C=O) groups is 2. The molecule has 3 aromatic rings. The van der Waals surface area contributed by atoms with Gasteiger partial charge in [-0.1, -0.05) is 35.9 Å². The van der Waals surface area contributed by atoms with E-state index in [0.717, 1.165) is 10.6 Å². The van der Waals surface area contributed by atoms with Gasteiger partial charge in [-0.15, -0.1) is 0 Å². The van der Waals surface area contributed by atoms with Gasteiger partial charge in [-0.05, 0) is 66.6 Å². The van der Waals surface area contributed by atoms with Crippen LogP contribution in [0, 0.1) is 6.92 Å². The lowest BCUT2D eigenvalue weighted by Crippen LogP contribution is -2.39. The first-order valence-electron chi connectivity index (χ1n) is 10.8. The van der Waals surface area contributed by atoms with Crippen molar-refractivity contribution < 1.29 is 22.7 Å². The molecule has 11 heteroatoms. The molecule has 36 heavy (non-hydrogen) atoms. The van der Waals surface area contributed by atoms with Gasteiger partial charge in [0.15, 0.2) is 6.61 Å². The highest BCUT2D eigenvalue weighted by Crippen LogP contribution is 2.26. The molecule has 3 rings (SSSR count). The minimum absolute atomic E-state index is 0.151. The second-order valence-corrected chi connectivity index (χ2v) is 10.1. The smallest absolute Gasteiger partial charge is 0.262 e. The van der Waals surface area contributed by atoms with Crippen LogP contribution in [0.2, 0.25) is 5.02 Å². The first-order chi connectivity index (χ1) is 17.1. The molecule has 0 unspecified atom stereocenters. The average molecular weight is 529 g/mol. The number of hydrazone groups is 1. The maximum absolute atomic E-state index is 12.4. The molecule has 2 amide bonds. The van der Waals surface area contributed by atoms with Crippen LogP contribution in [0.4, 0.5) is 11.4 Å². The molecule has 0 heterocycles. The standard InChI is InChI=1S/C25H25ClN4O5S/c1-18-8-11-20(26)14-23(18)30(36(2,33)34)16-24(31)29-27-15-19-9-12-22(13-10-19)35-17-25(32)28-21-6-4-3-5-7-21/h3-15H,16-17H2,1-2H3,(H,28,32)(H,29,31)/b27-15-.